The van der Waals surface area contributed by atoms with Crippen molar-refractivity contribution < 1.29 is 24.9 Å². The molecular weight excluding hydrogens is 480 g/mol. The van der Waals surface area contributed by atoms with Gasteiger partial charge in [-0.1, -0.05) is 48.5 Å². The molecule has 0 unspecified atom stereocenters. The number of anilines is 1. The van der Waals surface area contributed by atoms with Gasteiger partial charge in [-0.05, 0) is 77.1 Å². The van der Waals surface area contributed by atoms with Crippen LogP contribution in [0.4, 0.5) is 5.69 Å². The molecule has 1 amide bonds. The van der Waals surface area contributed by atoms with Gasteiger partial charge in [0.25, 0.3) is 5.91 Å². The zero-order chi connectivity index (χ0) is 26.6. The molecule has 0 atom stereocenters. The molecule has 0 aliphatic carbocycles. The number of hydrogen-bond acceptors (Lipinski definition) is 5. The number of phenolic OH excluding ortho intramolecular Hbond substituents is 2. The Morgan fingerprint density at radius 1 is 0.842 bits per heavy atom. The lowest BCUT2D eigenvalue weighted by atomic mass is 9.97. The molecule has 4 N–H and O–H groups in total. The first kappa shape index (κ1) is 24.9. The van der Waals surface area contributed by atoms with Crippen molar-refractivity contribution >= 4 is 17.6 Å². The summed E-state index contributed by atoms with van der Waals surface area (Å²) in [5, 5.41) is 31.5. The molecule has 0 spiro atoms. The second-order valence-electron chi connectivity index (χ2n) is 9.42. The molecule has 1 heterocycles. The minimum atomic E-state index is -0.942. The maximum absolute atomic E-state index is 12.8. The van der Waals surface area contributed by atoms with E-state index in [4.69, 9.17) is 0 Å². The molecule has 5 rings (SSSR count). The Balaban J connectivity index is 1.27. The fraction of sp³-hybridized carbons (Fsp3) is 0.161. The summed E-state index contributed by atoms with van der Waals surface area (Å²) < 4.78 is 0. The Morgan fingerprint density at radius 3 is 2.37 bits per heavy atom. The lowest BCUT2D eigenvalue weighted by Crippen LogP contribution is -2.29. The highest BCUT2D eigenvalue weighted by Gasteiger charge is 2.19. The molecule has 0 saturated heterocycles. The lowest BCUT2D eigenvalue weighted by Gasteiger charge is -2.31. The fourth-order valence-electron chi connectivity index (χ4n) is 4.88. The van der Waals surface area contributed by atoms with Gasteiger partial charge in [0.1, 0.15) is 0 Å². The number of phenols is 2. The standard InChI is InChI=1S/C31H28N2O5/c34-28-14-9-21(16-29(28)35)18-32-30(36)24-12-13-27-23(17-24)4-3-15-33(27)19-20-7-10-22(11-8-20)25-5-1-2-6-26(25)31(37)38/h1-2,5-14,16-17,34-35H,3-4,15,18-19H2,(H,32,36)(H,37,38). The van der Waals surface area contributed by atoms with Crippen LogP contribution in [0.5, 0.6) is 11.5 Å². The second-order valence-corrected chi connectivity index (χ2v) is 9.42. The first-order valence-electron chi connectivity index (χ1n) is 12.5. The van der Waals surface area contributed by atoms with Gasteiger partial charge < -0.3 is 25.5 Å². The molecule has 4 aromatic carbocycles. The van der Waals surface area contributed by atoms with Crippen LogP contribution in [0.1, 0.15) is 43.8 Å². The van der Waals surface area contributed by atoms with Crippen molar-refractivity contribution in [2.45, 2.75) is 25.9 Å². The van der Waals surface area contributed by atoms with E-state index >= 15 is 0 Å². The van der Waals surface area contributed by atoms with Gasteiger partial charge in [0.15, 0.2) is 11.5 Å². The zero-order valence-corrected chi connectivity index (χ0v) is 20.7. The van der Waals surface area contributed by atoms with Crippen molar-refractivity contribution in [1.82, 2.24) is 5.32 Å². The number of benzene rings is 4. The Morgan fingerprint density at radius 2 is 1.61 bits per heavy atom. The van der Waals surface area contributed by atoms with Crippen LogP contribution in [-0.2, 0) is 19.5 Å². The maximum Gasteiger partial charge on any atom is 0.336 e. The third-order valence-corrected chi connectivity index (χ3v) is 6.85. The van der Waals surface area contributed by atoms with Crippen molar-refractivity contribution in [2.24, 2.45) is 0 Å². The molecule has 192 valence electrons. The number of aryl methyl sites for hydroxylation is 1. The summed E-state index contributed by atoms with van der Waals surface area (Å²) in [5.74, 6) is -1.55. The van der Waals surface area contributed by atoms with E-state index in [0.717, 1.165) is 41.8 Å². The highest BCUT2D eigenvalue weighted by molar-refractivity contribution is 5.96. The average molecular weight is 509 g/mol. The summed E-state index contributed by atoms with van der Waals surface area (Å²) in [7, 11) is 0. The molecule has 7 heteroatoms. The molecule has 0 aromatic heterocycles. The molecule has 1 aliphatic heterocycles. The molecule has 0 radical (unpaired) electrons. The Kier molecular flexibility index (Phi) is 7.00. The second kappa shape index (κ2) is 10.7. The van der Waals surface area contributed by atoms with Gasteiger partial charge in [0.05, 0.1) is 5.56 Å². The first-order valence-corrected chi connectivity index (χ1v) is 12.5. The number of nitrogens with zero attached hydrogens (tertiary/aromatic N) is 1. The van der Waals surface area contributed by atoms with Crippen LogP contribution >= 0.6 is 0 Å². The SMILES string of the molecule is O=C(NCc1ccc(O)c(O)c1)c1ccc2c(c1)CCCN2Cc1ccc(-c2ccccc2C(=O)O)cc1. The van der Waals surface area contributed by atoms with Crippen LogP contribution in [0.3, 0.4) is 0 Å². The van der Waals surface area contributed by atoms with Gasteiger partial charge >= 0.3 is 5.97 Å². The number of carboxylic acids is 1. The van der Waals surface area contributed by atoms with Crippen LogP contribution in [0.15, 0.2) is 84.9 Å². The predicted octanol–water partition coefficient (Wildman–Crippen LogP) is 5.35. The van der Waals surface area contributed by atoms with E-state index in [1.54, 1.807) is 18.2 Å². The van der Waals surface area contributed by atoms with Crippen LogP contribution in [0, 0.1) is 0 Å². The van der Waals surface area contributed by atoms with Crippen LogP contribution in [-0.4, -0.2) is 33.7 Å². The molecular formula is C31H28N2O5. The topological polar surface area (TPSA) is 110 Å². The summed E-state index contributed by atoms with van der Waals surface area (Å²) in [6.45, 7) is 1.86. The van der Waals surface area contributed by atoms with Crippen LogP contribution < -0.4 is 10.2 Å². The van der Waals surface area contributed by atoms with Gasteiger partial charge in [0.2, 0.25) is 0 Å². The summed E-state index contributed by atoms with van der Waals surface area (Å²) in [6.07, 6.45) is 1.87. The van der Waals surface area contributed by atoms with E-state index in [0.29, 0.717) is 23.2 Å². The predicted molar refractivity (Wildman–Crippen MR) is 146 cm³/mol. The number of carbonyl (C=O) groups is 2. The summed E-state index contributed by atoms with van der Waals surface area (Å²) >= 11 is 0. The van der Waals surface area contributed by atoms with Gasteiger partial charge in [-0.25, -0.2) is 4.79 Å². The van der Waals surface area contributed by atoms with E-state index in [1.165, 1.54) is 12.1 Å². The molecule has 0 saturated carbocycles. The Hall–Kier alpha value is -4.78. The number of aromatic carboxylic acids is 1. The zero-order valence-electron chi connectivity index (χ0n) is 20.7. The minimum absolute atomic E-state index is 0.196. The highest BCUT2D eigenvalue weighted by Crippen LogP contribution is 2.31. The van der Waals surface area contributed by atoms with E-state index in [9.17, 15) is 24.9 Å². The van der Waals surface area contributed by atoms with Crippen molar-refractivity contribution in [3.8, 4) is 22.6 Å². The third kappa shape index (κ3) is 5.32. The summed E-state index contributed by atoms with van der Waals surface area (Å²) in [4.78, 5) is 26.7. The number of amides is 1. The number of carbonyl (C=O) groups excluding carboxylic acids is 1. The minimum Gasteiger partial charge on any atom is -0.504 e. The van der Waals surface area contributed by atoms with Gasteiger partial charge in [-0.3, -0.25) is 4.79 Å². The number of rotatable bonds is 7. The molecule has 1 aliphatic rings. The van der Waals surface area contributed by atoms with Crippen LogP contribution in [0.2, 0.25) is 0 Å². The quantitative estimate of drug-likeness (QED) is 0.251. The smallest absolute Gasteiger partial charge is 0.336 e. The third-order valence-electron chi connectivity index (χ3n) is 6.85. The average Bonchev–Trinajstić information content (AvgIpc) is 2.94. The molecule has 4 aromatic rings. The lowest BCUT2D eigenvalue weighted by molar-refractivity contribution is 0.0697. The number of carboxylic acid groups (broad SMARTS) is 1. The van der Waals surface area contributed by atoms with Crippen molar-refractivity contribution in [3.63, 3.8) is 0 Å². The van der Waals surface area contributed by atoms with Crippen LogP contribution in [0.25, 0.3) is 11.1 Å². The normalized spacial score (nSPS) is 12.6. The molecule has 7 nitrogen and oxygen atoms in total. The van der Waals surface area contributed by atoms with Crippen molar-refractivity contribution in [2.75, 3.05) is 11.4 Å². The van der Waals surface area contributed by atoms with E-state index in [2.05, 4.69) is 10.2 Å². The Labute approximate surface area is 220 Å². The molecule has 38 heavy (non-hydrogen) atoms. The van der Waals surface area contributed by atoms with E-state index < -0.39 is 5.97 Å². The van der Waals surface area contributed by atoms with E-state index in [1.807, 2.05) is 54.6 Å². The molecule has 0 fully saturated rings. The monoisotopic (exact) mass is 508 g/mol. The number of fused-ring (bicyclic) bond motifs is 1. The number of aromatic hydroxyl groups is 2. The summed E-state index contributed by atoms with van der Waals surface area (Å²) in [5.41, 5.74) is 6.46. The van der Waals surface area contributed by atoms with E-state index in [-0.39, 0.29) is 29.5 Å². The largest absolute Gasteiger partial charge is 0.504 e. The van der Waals surface area contributed by atoms with Crippen molar-refractivity contribution in [1.29, 1.82) is 0 Å². The first-order chi connectivity index (χ1) is 18.4. The summed E-state index contributed by atoms with van der Waals surface area (Å²) in [6, 6.07) is 25.2. The van der Waals surface area contributed by atoms with Crippen molar-refractivity contribution in [3.05, 3.63) is 113 Å². The molecule has 0 bridgehead atoms. The van der Waals surface area contributed by atoms with Gasteiger partial charge in [-0.15, -0.1) is 0 Å². The number of nitrogens with one attached hydrogen (secondary N) is 1. The fourth-order valence-corrected chi connectivity index (χ4v) is 4.88. The van der Waals surface area contributed by atoms with Gasteiger partial charge in [0, 0.05) is 30.9 Å². The Bertz CT molecular complexity index is 1500. The van der Waals surface area contributed by atoms with Gasteiger partial charge in [-0.2, -0.15) is 0 Å². The highest BCUT2D eigenvalue weighted by atomic mass is 16.4. The maximum atomic E-state index is 12.8. The number of hydrogen-bond donors (Lipinski definition) is 4.